The Morgan fingerprint density at radius 3 is 2.75 bits per heavy atom. The highest BCUT2D eigenvalue weighted by Gasteiger charge is 2.45. The smallest absolute Gasteiger partial charge is 0.345 e. The van der Waals surface area contributed by atoms with Crippen LogP contribution in [0.3, 0.4) is 0 Å². The molecule has 0 radical (unpaired) electrons. The molecule has 1 fully saturated rings. The maximum absolute atomic E-state index is 12.9. The van der Waals surface area contributed by atoms with Crippen molar-refractivity contribution >= 4 is 11.6 Å². The zero-order valence-corrected chi connectivity index (χ0v) is 13.6. The van der Waals surface area contributed by atoms with E-state index in [4.69, 9.17) is 4.74 Å². The summed E-state index contributed by atoms with van der Waals surface area (Å²) in [6.07, 6.45) is 3.25. The molecule has 2 aliphatic rings. The third-order valence-corrected chi connectivity index (χ3v) is 5.15. The van der Waals surface area contributed by atoms with Crippen LogP contribution in [0.4, 0.5) is 5.69 Å². The first-order valence-electron chi connectivity index (χ1n) is 8.17. The molecule has 0 unspecified atom stereocenters. The second-order valence-corrected chi connectivity index (χ2v) is 6.57. The Labute approximate surface area is 139 Å². The number of carbonyl (C=O) groups excluding carboxylic acids is 1. The number of nitrogens with zero attached hydrogens (tertiary/aromatic N) is 4. The quantitative estimate of drug-likeness (QED) is 0.813. The van der Waals surface area contributed by atoms with Gasteiger partial charge < -0.3 is 9.64 Å². The number of fused-ring (bicyclic) bond motifs is 2. The van der Waals surface area contributed by atoms with Crippen LogP contribution in [0.15, 0.2) is 35.4 Å². The summed E-state index contributed by atoms with van der Waals surface area (Å²) in [5, 5.41) is 3.99. The molecular weight excluding hydrogens is 308 g/mol. The summed E-state index contributed by atoms with van der Waals surface area (Å²) in [7, 11) is 1.62. The average molecular weight is 328 g/mol. The highest BCUT2D eigenvalue weighted by Crippen LogP contribution is 2.46. The van der Waals surface area contributed by atoms with Gasteiger partial charge in [0.2, 0.25) is 5.91 Å². The van der Waals surface area contributed by atoms with Crippen LogP contribution < -0.4 is 10.6 Å². The van der Waals surface area contributed by atoms with E-state index >= 15 is 0 Å². The Bertz CT molecular complexity index is 832. The summed E-state index contributed by atoms with van der Waals surface area (Å²) in [5.74, 6) is -0.105. The van der Waals surface area contributed by atoms with E-state index in [1.54, 1.807) is 7.05 Å². The van der Waals surface area contributed by atoms with E-state index in [0.29, 0.717) is 6.54 Å². The molecule has 0 bridgehead atoms. The summed E-state index contributed by atoms with van der Waals surface area (Å²) < 4.78 is 8.09. The lowest BCUT2D eigenvalue weighted by Crippen LogP contribution is -2.42. The first-order chi connectivity index (χ1) is 11.6. The van der Waals surface area contributed by atoms with E-state index < -0.39 is 0 Å². The number of anilines is 1. The lowest BCUT2D eigenvalue weighted by molar-refractivity contribution is -0.119. The summed E-state index contributed by atoms with van der Waals surface area (Å²) in [5.41, 5.74) is 1.86. The van der Waals surface area contributed by atoms with Crippen molar-refractivity contribution in [2.45, 2.75) is 24.8 Å². The van der Waals surface area contributed by atoms with Gasteiger partial charge in [-0.1, -0.05) is 18.2 Å². The van der Waals surface area contributed by atoms with E-state index in [1.807, 2.05) is 23.1 Å². The van der Waals surface area contributed by atoms with Gasteiger partial charge in [0.05, 0.1) is 0 Å². The molecule has 126 valence electrons. The van der Waals surface area contributed by atoms with Gasteiger partial charge >= 0.3 is 5.69 Å². The number of ether oxygens (including phenoxy) is 1. The number of rotatable bonds is 2. The van der Waals surface area contributed by atoms with E-state index in [1.165, 1.54) is 21.1 Å². The fraction of sp³-hybridized carbons (Fsp3) is 0.471. The Hall–Kier alpha value is -2.41. The number of aromatic nitrogens is 3. The molecule has 0 atom stereocenters. The Morgan fingerprint density at radius 1 is 1.29 bits per heavy atom. The maximum atomic E-state index is 12.9. The third-order valence-electron chi connectivity index (χ3n) is 5.15. The summed E-state index contributed by atoms with van der Waals surface area (Å²) in [6.45, 7) is 2.04. The van der Waals surface area contributed by atoms with Gasteiger partial charge in [-0.3, -0.25) is 9.36 Å². The monoisotopic (exact) mass is 328 g/mol. The van der Waals surface area contributed by atoms with Gasteiger partial charge in [0, 0.05) is 37.9 Å². The van der Waals surface area contributed by atoms with Crippen molar-refractivity contribution in [1.29, 1.82) is 0 Å². The van der Waals surface area contributed by atoms with Crippen LogP contribution in [0, 0.1) is 0 Å². The number of carbonyl (C=O) groups is 1. The molecule has 1 aromatic carbocycles. The average Bonchev–Trinajstić information content (AvgIpc) is 3.09. The lowest BCUT2D eigenvalue weighted by atomic mass is 9.76. The molecule has 1 aromatic heterocycles. The topological polar surface area (TPSA) is 69.4 Å². The van der Waals surface area contributed by atoms with Crippen molar-refractivity contribution in [3.63, 3.8) is 0 Å². The fourth-order valence-electron chi connectivity index (χ4n) is 3.79. The Balaban J connectivity index is 1.65. The molecule has 7 nitrogen and oxygen atoms in total. The van der Waals surface area contributed by atoms with Gasteiger partial charge in [0.15, 0.2) is 0 Å². The van der Waals surface area contributed by atoms with Crippen LogP contribution in [-0.4, -0.2) is 40.0 Å². The second kappa shape index (κ2) is 5.59. The lowest BCUT2D eigenvalue weighted by Gasteiger charge is -2.34. The molecule has 0 N–H and O–H groups in total. The van der Waals surface area contributed by atoms with Crippen LogP contribution in [-0.2, 0) is 28.5 Å². The zero-order valence-electron chi connectivity index (χ0n) is 13.6. The molecule has 7 heteroatoms. The van der Waals surface area contributed by atoms with Crippen molar-refractivity contribution in [3.05, 3.63) is 46.6 Å². The summed E-state index contributed by atoms with van der Waals surface area (Å²) in [4.78, 5) is 26.6. The number of amides is 1. The molecule has 2 aromatic rings. The van der Waals surface area contributed by atoms with Gasteiger partial charge in [-0.2, -0.15) is 5.10 Å². The maximum Gasteiger partial charge on any atom is 0.345 e. The first-order valence-corrected chi connectivity index (χ1v) is 8.17. The highest BCUT2D eigenvalue weighted by molar-refractivity contribution is 5.96. The molecule has 0 aliphatic carbocycles. The van der Waals surface area contributed by atoms with E-state index in [0.717, 1.165) is 31.7 Å². The minimum absolute atomic E-state index is 0.0282. The van der Waals surface area contributed by atoms with Gasteiger partial charge in [-0.05, 0) is 24.5 Å². The highest BCUT2D eigenvalue weighted by atomic mass is 16.5. The summed E-state index contributed by atoms with van der Waals surface area (Å²) in [6, 6.07) is 8.07. The molecular formula is C17H20N4O3. The van der Waals surface area contributed by atoms with Crippen LogP contribution in [0.1, 0.15) is 18.4 Å². The molecule has 0 saturated carbocycles. The van der Waals surface area contributed by atoms with Crippen LogP contribution in [0.25, 0.3) is 0 Å². The van der Waals surface area contributed by atoms with Gasteiger partial charge in [-0.25, -0.2) is 9.48 Å². The van der Waals surface area contributed by atoms with E-state index in [2.05, 4.69) is 11.2 Å². The minimum Gasteiger partial charge on any atom is -0.381 e. The predicted octanol–water partition coefficient (Wildman–Crippen LogP) is 0.677. The van der Waals surface area contributed by atoms with Crippen molar-refractivity contribution in [2.75, 3.05) is 24.7 Å². The standard InChI is InChI=1S/C17H20N4O3/c1-19-12-18-21(16(19)23)10-15(22)20-11-17(6-8-24-9-7-17)13-4-2-3-5-14(13)20/h2-5,12H,6-11H2,1H3. The van der Waals surface area contributed by atoms with Crippen LogP contribution >= 0.6 is 0 Å². The third kappa shape index (κ3) is 2.27. The fourth-order valence-corrected chi connectivity index (χ4v) is 3.79. The van der Waals surface area contributed by atoms with Crippen molar-refractivity contribution in [1.82, 2.24) is 14.3 Å². The van der Waals surface area contributed by atoms with Gasteiger partial charge in [-0.15, -0.1) is 0 Å². The molecule has 1 spiro atoms. The van der Waals surface area contributed by atoms with E-state index in [-0.39, 0.29) is 23.6 Å². The molecule has 1 saturated heterocycles. The Kier molecular flexibility index (Phi) is 3.53. The number of aryl methyl sites for hydroxylation is 1. The molecule has 1 amide bonds. The van der Waals surface area contributed by atoms with E-state index in [9.17, 15) is 9.59 Å². The molecule has 2 aliphatic heterocycles. The van der Waals surface area contributed by atoms with Crippen molar-refractivity contribution < 1.29 is 9.53 Å². The molecule has 24 heavy (non-hydrogen) atoms. The number of hydrogen-bond acceptors (Lipinski definition) is 4. The molecule has 4 rings (SSSR count). The van der Waals surface area contributed by atoms with Gasteiger partial charge in [0.1, 0.15) is 12.9 Å². The van der Waals surface area contributed by atoms with Crippen molar-refractivity contribution in [3.8, 4) is 0 Å². The van der Waals surface area contributed by atoms with Gasteiger partial charge in [0.25, 0.3) is 0 Å². The minimum atomic E-state index is -0.281. The van der Waals surface area contributed by atoms with Crippen LogP contribution in [0.2, 0.25) is 0 Å². The normalized spacial score (nSPS) is 18.8. The number of hydrogen-bond donors (Lipinski definition) is 0. The first kappa shape index (κ1) is 15.1. The second-order valence-electron chi connectivity index (χ2n) is 6.57. The molecule has 3 heterocycles. The van der Waals surface area contributed by atoms with Crippen molar-refractivity contribution in [2.24, 2.45) is 7.05 Å². The summed E-state index contributed by atoms with van der Waals surface area (Å²) >= 11 is 0. The number of para-hydroxylation sites is 1. The zero-order chi connectivity index (χ0) is 16.7. The largest absolute Gasteiger partial charge is 0.381 e. The Morgan fingerprint density at radius 2 is 2.04 bits per heavy atom. The predicted molar refractivity (Wildman–Crippen MR) is 88.0 cm³/mol. The van der Waals surface area contributed by atoms with Crippen LogP contribution in [0.5, 0.6) is 0 Å². The SMILES string of the molecule is Cn1cnn(CC(=O)N2CC3(CCOCC3)c3ccccc32)c1=O. The number of benzene rings is 1.